The molecule has 26 heavy (non-hydrogen) atoms. The van der Waals surface area contributed by atoms with Crippen LogP contribution >= 0.6 is 0 Å². The summed E-state index contributed by atoms with van der Waals surface area (Å²) < 4.78 is 5.53. The second-order valence-electron chi connectivity index (χ2n) is 6.39. The molecule has 2 aromatic rings. The quantitative estimate of drug-likeness (QED) is 0.810. The van der Waals surface area contributed by atoms with Gasteiger partial charge in [0.1, 0.15) is 24.5 Å². The van der Waals surface area contributed by atoms with Crippen LogP contribution in [0.25, 0.3) is 0 Å². The van der Waals surface area contributed by atoms with Crippen molar-refractivity contribution < 1.29 is 19.4 Å². The fraction of sp³-hybridized carbons (Fsp3) is 0.300. The highest BCUT2D eigenvalue weighted by Crippen LogP contribution is 2.25. The van der Waals surface area contributed by atoms with Crippen LogP contribution in [0.5, 0.6) is 5.75 Å². The number of hydrogen-bond donors (Lipinski definition) is 1. The van der Waals surface area contributed by atoms with Gasteiger partial charge in [0.15, 0.2) is 0 Å². The Morgan fingerprint density at radius 2 is 1.73 bits per heavy atom. The maximum absolute atomic E-state index is 12.7. The number of ether oxygens (including phenoxy) is 1. The number of rotatable bonds is 6. The normalized spacial score (nSPS) is 18.3. The van der Waals surface area contributed by atoms with Crippen molar-refractivity contribution in [1.82, 2.24) is 4.90 Å². The van der Waals surface area contributed by atoms with E-state index in [2.05, 4.69) is 0 Å². The van der Waals surface area contributed by atoms with Crippen LogP contribution in [0, 0.1) is 6.92 Å². The Morgan fingerprint density at radius 3 is 2.38 bits per heavy atom. The number of carbonyl (C=O) groups is 2. The number of hydrogen-bond acceptors (Lipinski definition) is 4. The third-order valence-electron chi connectivity index (χ3n) is 4.34. The SMILES string of the molecule is Cc1ccc(OC[C@H](O)CN2C(=O)[C@H](C)N(c3ccccc3)C2=O)cc1. The number of benzene rings is 2. The number of β-amino-alcohol motifs (C(OH)–C–C–N with tert-alkyl or cyclic N) is 1. The predicted octanol–water partition coefficient (Wildman–Crippen LogP) is 2.59. The summed E-state index contributed by atoms with van der Waals surface area (Å²) >= 11 is 0. The number of nitrogens with zero attached hydrogens (tertiary/aromatic N) is 2. The zero-order valence-electron chi connectivity index (χ0n) is 14.8. The number of urea groups is 1. The minimum Gasteiger partial charge on any atom is -0.491 e. The first-order valence-electron chi connectivity index (χ1n) is 8.54. The molecule has 1 fully saturated rings. The monoisotopic (exact) mass is 354 g/mol. The van der Waals surface area contributed by atoms with E-state index in [-0.39, 0.29) is 19.1 Å². The highest BCUT2D eigenvalue weighted by Gasteiger charge is 2.43. The number of aryl methyl sites for hydroxylation is 1. The van der Waals surface area contributed by atoms with Crippen molar-refractivity contribution in [2.75, 3.05) is 18.1 Å². The molecule has 3 amide bonds. The van der Waals surface area contributed by atoms with E-state index in [4.69, 9.17) is 4.74 Å². The lowest BCUT2D eigenvalue weighted by molar-refractivity contribution is -0.128. The molecular weight excluding hydrogens is 332 g/mol. The molecule has 0 radical (unpaired) electrons. The molecule has 0 aromatic heterocycles. The van der Waals surface area contributed by atoms with E-state index in [1.165, 1.54) is 4.90 Å². The molecule has 2 aromatic carbocycles. The largest absolute Gasteiger partial charge is 0.491 e. The van der Waals surface area contributed by atoms with E-state index >= 15 is 0 Å². The van der Waals surface area contributed by atoms with Gasteiger partial charge in [0.25, 0.3) is 5.91 Å². The van der Waals surface area contributed by atoms with Gasteiger partial charge >= 0.3 is 6.03 Å². The first-order chi connectivity index (χ1) is 12.5. The van der Waals surface area contributed by atoms with E-state index in [0.29, 0.717) is 11.4 Å². The Labute approximate surface area is 152 Å². The van der Waals surface area contributed by atoms with Crippen molar-refractivity contribution in [2.45, 2.75) is 26.0 Å². The fourth-order valence-electron chi connectivity index (χ4n) is 2.91. The number of amides is 3. The summed E-state index contributed by atoms with van der Waals surface area (Å²) in [6, 6.07) is 15.5. The summed E-state index contributed by atoms with van der Waals surface area (Å²) in [5.74, 6) is 0.307. The van der Waals surface area contributed by atoms with Gasteiger partial charge in [-0.25, -0.2) is 4.79 Å². The number of para-hydroxylation sites is 1. The summed E-state index contributed by atoms with van der Waals surface area (Å²) in [5.41, 5.74) is 1.77. The molecule has 2 atom stereocenters. The van der Waals surface area contributed by atoms with Crippen LogP contribution in [-0.4, -0.2) is 47.2 Å². The van der Waals surface area contributed by atoms with E-state index in [1.54, 1.807) is 19.1 Å². The summed E-state index contributed by atoms with van der Waals surface area (Å²) in [7, 11) is 0. The van der Waals surface area contributed by atoms with Gasteiger partial charge in [-0.3, -0.25) is 14.6 Å². The standard InChI is InChI=1S/C20H22N2O4/c1-14-8-10-18(11-9-14)26-13-17(23)12-21-19(24)15(2)22(20(21)25)16-6-4-3-5-7-16/h3-11,15,17,23H,12-13H2,1-2H3/t15-,17+/m0/s1. The smallest absolute Gasteiger partial charge is 0.332 e. The number of anilines is 1. The number of imide groups is 1. The molecule has 0 unspecified atom stereocenters. The maximum atomic E-state index is 12.7. The molecule has 1 heterocycles. The Balaban J connectivity index is 1.62. The van der Waals surface area contributed by atoms with Gasteiger partial charge in [-0.05, 0) is 38.1 Å². The summed E-state index contributed by atoms with van der Waals surface area (Å²) in [6.45, 7) is 3.56. The number of aliphatic hydroxyl groups excluding tert-OH is 1. The summed E-state index contributed by atoms with van der Waals surface area (Å²) in [4.78, 5) is 27.6. The molecule has 0 spiro atoms. The van der Waals surface area contributed by atoms with Crippen molar-refractivity contribution in [3.8, 4) is 5.75 Å². The van der Waals surface area contributed by atoms with Gasteiger partial charge in [0.2, 0.25) is 0 Å². The van der Waals surface area contributed by atoms with Gasteiger partial charge in [-0.15, -0.1) is 0 Å². The zero-order valence-corrected chi connectivity index (χ0v) is 14.8. The summed E-state index contributed by atoms with van der Waals surface area (Å²) in [5, 5.41) is 10.2. The average Bonchev–Trinajstić information content (AvgIpc) is 2.85. The molecule has 6 heteroatoms. The Morgan fingerprint density at radius 1 is 1.08 bits per heavy atom. The lowest BCUT2D eigenvalue weighted by Crippen LogP contribution is -2.40. The first kappa shape index (κ1) is 17.9. The second-order valence-corrected chi connectivity index (χ2v) is 6.39. The number of carbonyl (C=O) groups excluding carboxylic acids is 2. The molecule has 1 aliphatic rings. The Kier molecular flexibility index (Phi) is 5.23. The van der Waals surface area contributed by atoms with Crippen LogP contribution in [0.1, 0.15) is 12.5 Å². The molecule has 1 N–H and O–H groups in total. The Hall–Kier alpha value is -2.86. The molecule has 136 valence electrons. The molecule has 0 saturated carbocycles. The topological polar surface area (TPSA) is 70.1 Å². The highest BCUT2D eigenvalue weighted by atomic mass is 16.5. The van der Waals surface area contributed by atoms with Crippen LogP contribution in [0.4, 0.5) is 10.5 Å². The van der Waals surface area contributed by atoms with Gasteiger partial charge < -0.3 is 9.84 Å². The van der Waals surface area contributed by atoms with Crippen molar-refractivity contribution in [2.24, 2.45) is 0 Å². The van der Waals surface area contributed by atoms with E-state index in [1.807, 2.05) is 49.4 Å². The molecule has 3 rings (SSSR count). The highest BCUT2D eigenvalue weighted by molar-refractivity contribution is 6.14. The van der Waals surface area contributed by atoms with Crippen molar-refractivity contribution in [3.63, 3.8) is 0 Å². The third-order valence-corrected chi connectivity index (χ3v) is 4.34. The molecule has 1 aliphatic heterocycles. The van der Waals surface area contributed by atoms with Crippen molar-refractivity contribution in [1.29, 1.82) is 0 Å². The van der Waals surface area contributed by atoms with Gasteiger partial charge in [0.05, 0.1) is 6.54 Å². The molecule has 6 nitrogen and oxygen atoms in total. The third kappa shape index (κ3) is 3.70. The number of aliphatic hydroxyl groups is 1. The lowest BCUT2D eigenvalue weighted by atomic mass is 10.2. The summed E-state index contributed by atoms with van der Waals surface area (Å²) in [6.07, 6.45) is -0.966. The van der Waals surface area contributed by atoms with E-state index in [0.717, 1.165) is 10.5 Å². The van der Waals surface area contributed by atoms with Gasteiger partial charge in [-0.2, -0.15) is 0 Å². The predicted molar refractivity (Wildman–Crippen MR) is 98.2 cm³/mol. The van der Waals surface area contributed by atoms with Crippen molar-refractivity contribution >= 4 is 17.6 Å². The van der Waals surface area contributed by atoms with Gasteiger partial charge in [0, 0.05) is 5.69 Å². The molecule has 0 bridgehead atoms. The van der Waals surface area contributed by atoms with E-state index < -0.39 is 18.2 Å². The zero-order chi connectivity index (χ0) is 18.7. The van der Waals surface area contributed by atoms with Crippen LogP contribution in [0.2, 0.25) is 0 Å². The molecule has 1 saturated heterocycles. The maximum Gasteiger partial charge on any atom is 0.332 e. The van der Waals surface area contributed by atoms with Crippen LogP contribution in [0.3, 0.4) is 0 Å². The minimum absolute atomic E-state index is 0.000160. The minimum atomic E-state index is -0.966. The van der Waals surface area contributed by atoms with E-state index in [9.17, 15) is 14.7 Å². The fourth-order valence-corrected chi connectivity index (χ4v) is 2.91. The van der Waals surface area contributed by atoms with Crippen molar-refractivity contribution in [3.05, 3.63) is 60.2 Å². The molecule has 0 aliphatic carbocycles. The van der Waals surface area contributed by atoms with Gasteiger partial charge in [-0.1, -0.05) is 35.9 Å². The second kappa shape index (κ2) is 7.58. The van der Waals surface area contributed by atoms with Crippen LogP contribution in [0.15, 0.2) is 54.6 Å². The van der Waals surface area contributed by atoms with Crippen LogP contribution < -0.4 is 9.64 Å². The molecular formula is C20H22N2O4. The Bertz CT molecular complexity index is 776. The van der Waals surface area contributed by atoms with Crippen LogP contribution in [-0.2, 0) is 4.79 Å². The lowest BCUT2D eigenvalue weighted by Gasteiger charge is -2.20. The first-order valence-corrected chi connectivity index (χ1v) is 8.54. The average molecular weight is 354 g/mol.